The highest BCUT2D eigenvalue weighted by Crippen LogP contribution is 2.35. The normalized spacial score (nSPS) is 15.8. The van der Waals surface area contributed by atoms with Crippen LogP contribution >= 0.6 is 0 Å². The van der Waals surface area contributed by atoms with Crippen LogP contribution in [0.25, 0.3) is 0 Å². The molecule has 22 heavy (non-hydrogen) atoms. The Morgan fingerprint density at radius 2 is 2.05 bits per heavy atom. The number of alkyl halides is 3. The van der Waals surface area contributed by atoms with E-state index >= 15 is 0 Å². The van der Waals surface area contributed by atoms with E-state index in [-0.39, 0.29) is 11.8 Å². The number of hydrogen-bond acceptors (Lipinski definition) is 3. The second kappa shape index (κ2) is 6.54. The van der Waals surface area contributed by atoms with Crippen LogP contribution in [0.1, 0.15) is 32.3 Å². The first-order valence-electron chi connectivity index (χ1n) is 7.34. The van der Waals surface area contributed by atoms with Crippen LogP contribution in [0.4, 0.5) is 13.2 Å². The summed E-state index contributed by atoms with van der Waals surface area (Å²) in [6.07, 6.45) is -2.16. The minimum absolute atomic E-state index is 0.0264. The van der Waals surface area contributed by atoms with Gasteiger partial charge in [0.15, 0.2) is 0 Å². The Labute approximate surface area is 127 Å². The molecule has 7 heteroatoms. The van der Waals surface area contributed by atoms with Gasteiger partial charge in [-0.1, -0.05) is 13.8 Å². The fourth-order valence-corrected chi connectivity index (χ4v) is 2.45. The Bertz CT molecular complexity index is 524. The largest absolute Gasteiger partial charge is 0.470 e. The van der Waals surface area contributed by atoms with Gasteiger partial charge in [-0.25, -0.2) is 4.98 Å². The van der Waals surface area contributed by atoms with E-state index in [4.69, 9.17) is 4.74 Å². The summed E-state index contributed by atoms with van der Waals surface area (Å²) >= 11 is 0. The van der Waals surface area contributed by atoms with Crippen molar-refractivity contribution in [3.05, 3.63) is 23.9 Å². The molecule has 2 heterocycles. The molecule has 0 unspecified atom stereocenters. The number of likely N-dealkylation sites (tertiary alicyclic amines) is 1. The first kappa shape index (κ1) is 16.6. The maximum Gasteiger partial charge on any atom is 0.421 e. The quantitative estimate of drug-likeness (QED) is 0.838. The topological polar surface area (TPSA) is 42.4 Å². The van der Waals surface area contributed by atoms with Crippen molar-refractivity contribution >= 4 is 5.91 Å². The molecule has 0 saturated carbocycles. The molecule has 1 aliphatic rings. The molecule has 0 bridgehead atoms. The molecular formula is C15H19F3N2O2. The molecule has 1 aliphatic heterocycles. The summed E-state index contributed by atoms with van der Waals surface area (Å²) in [6, 6.07) is 2.16. The van der Waals surface area contributed by atoms with Crippen molar-refractivity contribution in [2.75, 3.05) is 13.1 Å². The maximum absolute atomic E-state index is 12.8. The molecule has 1 fully saturated rings. The Hall–Kier alpha value is -1.79. The number of amides is 1. The highest BCUT2D eigenvalue weighted by atomic mass is 19.4. The number of hydrogen-bond donors (Lipinski definition) is 0. The number of nitrogens with zero attached hydrogens (tertiary/aromatic N) is 2. The fraction of sp³-hybridized carbons (Fsp3) is 0.600. The van der Waals surface area contributed by atoms with E-state index in [1.165, 1.54) is 12.3 Å². The summed E-state index contributed by atoms with van der Waals surface area (Å²) in [7, 11) is 0. The monoisotopic (exact) mass is 316 g/mol. The summed E-state index contributed by atoms with van der Waals surface area (Å²) < 4.78 is 43.8. The van der Waals surface area contributed by atoms with Crippen LogP contribution in [-0.2, 0) is 11.0 Å². The Balaban J connectivity index is 1.95. The van der Waals surface area contributed by atoms with E-state index in [2.05, 4.69) is 4.98 Å². The van der Waals surface area contributed by atoms with Crippen LogP contribution in [0.3, 0.4) is 0 Å². The molecule has 0 aromatic carbocycles. The lowest BCUT2D eigenvalue weighted by atomic mass is 9.99. The van der Waals surface area contributed by atoms with Crippen LogP contribution < -0.4 is 4.74 Å². The number of rotatable bonds is 5. The Morgan fingerprint density at radius 3 is 2.59 bits per heavy atom. The first-order chi connectivity index (χ1) is 10.4. The van der Waals surface area contributed by atoms with E-state index in [0.717, 1.165) is 18.9 Å². The lowest BCUT2D eigenvalue weighted by molar-refractivity contribution is -0.148. The van der Waals surface area contributed by atoms with Gasteiger partial charge >= 0.3 is 6.18 Å². The van der Waals surface area contributed by atoms with Crippen molar-refractivity contribution in [1.82, 2.24) is 9.88 Å². The third-order valence-electron chi connectivity index (χ3n) is 3.85. The van der Waals surface area contributed by atoms with Gasteiger partial charge in [0, 0.05) is 12.1 Å². The van der Waals surface area contributed by atoms with Crippen molar-refractivity contribution < 1.29 is 22.7 Å². The summed E-state index contributed by atoms with van der Waals surface area (Å²) in [4.78, 5) is 17.4. The van der Waals surface area contributed by atoms with Gasteiger partial charge < -0.3 is 9.64 Å². The van der Waals surface area contributed by atoms with E-state index in [1.807, 2.05) is 13.8 Å². The van der Waals surface area contributed by atoms with Crippen molar-refractivity contribution in [1.29, 1.82) is 0 Å². The number of carbonyl (C=O) groups is 1. The predicted molar refractivity (Wildman–Crippen MR) is 74.3 cm³/mol. The van der Waals surface area contributed by atoms with Gasteiger partial charge in [-0.05, 0) is 25.0 Å². The van der Waals surface area contributed by atoms with E-state index in [9.17, 15) is 18.0 Å². The molecule has 0 atom stereocenters. The van der Waals surface area contributed by atoms with Crippen LogP contribution in [0.5, 0.6) is 5.88 Å². The third kappa shape index (κ3) is 3.51. The third-order valence-corrected chi connectivity index (χ3v) is 3.85. The molecule has 122 valence electrons. The number of pyridine rings is 1. The van der Waals surface area contributed by atoms with Gasteiger partial charge in [0.2, 0.25) is 11.8 Å². The van der Waals surface area contributed by atoms with Gasteiger partial charge in [-0.2, -0.15) is 13.2 Å². The van der Waals surface area contributed by atoms with Gasteiger partial charge in [0.05, 0.1) is 13.1 Å². The molecular weight excluding hydrogens is 297 g/mol. The summed E-state index contributed by atoms with van der Waals surface area (Å²) in [5.74, 6) is -0.405. The van der Waals surface area contributed by atoms with Crippen LogP contribution in [0.2, 0.25) is 0 Å². The first-order valence-corrected chi connectivity index (χ1v) is 7.34. The molecule has 1 amide bonds. The molecule has 1 aromatic heterocycles. The predicted octanol–water partition coefficient (Wildman–Crippen LogP) is 3.13. The zero-order chi connectivity index (χ0) is 16.3. The van der Waals surface area contributed by atoms with E-state index in [0.29, 0.717) is 13.1 Å². The molecule has 0 spiro atoms. The van der Waals surface area contributed by atoms with Gasteiger partial charge in [-0.15, -0.1) is 0 Å². The van der Waals surface area contributed by atoms with Crippen LogP contribution in [0.15, 0.2) is 18.3 Å². The number of aromatic nitrogens is 1. The highest BCUT2D eigenvalue weighted by Gasteiger charge is 2.39. The molecule has 0 radical (unpaired) electrons. The molecule has 0 aliphatic carbocycles. The summed E-state index contributed by atoms with van der Waals surface area (Å²) in [6.45, 7) is 4.51. The molecule has 4 nitrogen and oxygen atoms in total. The lowest BCUT2D eigenvalue weighted by Crippen LogP contribution is -2.57. The zero-order valence-electron chi connectivity index (χ0n) is 12.6. The highest BCUT2D eigenvalue weighted by molar-refractivity contribution is 5.79. The smallest absolute Gasteiger partial charge is 0.421 e. The minimum atomic E-state index is -4.50. The number of halogens is 3. The van der Waals surface area contributed by atoms with E-state index in [1.54, 1.807) is 4.90 Å². The van der Waals surface area contributed by atoms with Gasteiger partial charge in [0.25, 0.3) is 0 Å². The second-order valence-electron chi connectivity index (χ2n) is 5.35. The Morgan fingerprint density at radius 1 is 1.41 bits per heavy atom. The summed E-state index contributed by atoms with van der Waals surface area (Å²) in [5.41, 5.74) is -0.889. The molecule has 1 saturated heterocycles. The standard InChI is InChI=1S/C15H19F3N2O2/c1-3-10(4-2)14(21)20-8-11(9-20)22-13-12(15(16,17)18)6-5-7-19-13/h5-7,10-11H,3-4,8-9H2,1-2H3. The van der Waals surface area contributed by atoms with Crippen molar-refractivity contribution in [3.63, 3.8) is 0 Å². The van der Waals surface area contributed by atoms with Crippen LogP contribution in [-0.4, -0.2) is 35.0 Å². The SMILES string of the molecule is CCC(CC)C(=O)N1CC(Oc2ncccc2C(F)(F)F)C1. The zero-order valence-corrected chi connectivity index (χ0v) is 12.6. The lowest BCUT2D eigenvalue weighted by Gasteiger charge is -2.40. The van der Waals surface area contributed by atoms with Crippen LogP contribution in [0, 0.1) is 5.92 Å². The minimum Gasteiger partial charge on any atom is -0.470 e. The van der Waals surface area contributed by atoms with Gasteiger partial charge in [0.1, 0.15) is 11.7 Å². The number of ether oxygens (including phenoxy) is 1. The molecule has 2 rings (SSSR count). The number of carbonyl (C=O) groups excluding carboxylic acids is 1. The molecule has 0 N–H and O–H groups in total. The van der Waals surface area contributed by atoms with E-state index < -0.39 is 23.7 Å². The van der Waals surface area contributed by atoms with Gasteiger partial charge in [-0.3, -0.25) is 4.79 Å². The van der Waals surface area contributed by atoms with Crippen molar-refractivity contribution in [3.8, 4) is 5.88 Å². The van der Waals surface area contributed by atoms with Crippen molar-refractivity contribution in [2.45, 2.75) is 39.0 Å². The molecule has 1 aromatic rings. The Kier molecular flexibility index (Phi) is 4.93. The second-order valence-corrected chi connectivity index (χ2v) is 5.35. The van der Waals surface area contributed by atoms with Crippen molar-refractivity contribution in [2.24, 2.45) is 5.92 Å². The fourth-order valence-electron chi connectivity index (χ4n) is 2.45. The maximum atomic E-state index is 12.8. The summed E-state index contributed by atoms with van der Waals surface area (Å²) in [5, 5.41) is 0. The average molecular weight is 316 g/mol. The average Bonchev–Trinajstić information content (AvgIpc) is 2.43.